The highest BCUT2D eigenvalue weighted by Crippen LogP contribution is 2.30. The van der Waals surface area contributed by atoms with E-state index in [1.165, 1.54) is 12.1 Å². The van der Waals surface area contributed by atoms with Crippen LogP contribution in [0.15, 0.2) is 48.5 Å². The molecule has 0 saturated carbocycles. The third kappa shape index (κ3) is 3.66. The number of aromatic nitrogens is 1. The van der Waals surface area contributed by atoms with E-state index < -0.39 is 0 Å². The van der Waals surface area contributed by atoms with Crippen LogP contribution in [0.1, 0.15) is 18.4 Å². The van der Waals surface area contributed by atoms with E-state index in [-0.39, 0.29) is 17.8 Å². The third-order valence-electron chi connectivity index (χ3n) is 5.02. The summed E-state index contributed by atoms with van der Waals surface area (Å²) in [7, 11) is 0. The van der Waals surface area contributed by atoms with Crippen LogP contribution in [0.4, 0.5) is 4.39 Å². The second-order valence-electron chi connectivity index (χ2n) is 6.87. The fraction of sp³-hybridized carbons (Fsp3) is 0.238. The molecule has 2 N–H and O–H groups in total. The summed E-state index contributed by atoms with van der Waals surface area (Å²) < 4.78 is 13.7. The number of amides is 1. The zero-order valence-electron chi connectivity index (χ0n) is 14.7. The number of nitrogens with zero attached hydrogens (tertiary/aromatic N) is 2. The first-order chi connectivity index (χ1) is 13.0. The second-order valence-corrected chi connectivity index (χ2v) is 7.31. The Morgan fingerprint density at radius 2 is 2.11 bits per heavy atom. The smallest absolute Gasteiger partial charge is 0.234 e. The topological polar surface area (TPSA) is 59.2 Å². The number of halogens is 2. The van der Waals surface area contributed by atoms with E-state index in [1.807, 2.05) is 24.3 Å². The van der Waals surface area contributed by atoms with Crippen LogP contribution in [0.5, 0.6) is 0 Å². The molecule has 1 aliphatic rings. The number of rotatable bonds is 4. The molecule has 2 heterocycles. The number of hydrogen-bond acceptors (Lipinski definition) is 3. The molecular weight excluding hydrogens is 365 g/mol. The Hall–Kier alpha value is -2.50. The maximum atomic E-state index is 13.7. The summed E-state index contributed by atoms with van der Waals surface area (Å²) in [5.41, 5.74) is 8.71. The molecule has 4 nitrogen and oxygen atoms in total. The van der Waals surface area contributed by atoms with Gasteiger partial charge in [0.25, 0.3) is 0 Å². The normalized spacial score (nSPS) is 17.5. The van der Waals surface area contributed by atoms with Gasteiger partial charge in [0.15, 0.2) is 0 Å². The first-order valence-corrected chi connectivity index (χ1v) is 9.27. The summed E-state index contributed by atoms with van der Waals surface area (Å²) in [5, 5.41) is 1.46. The van der Waals surface area contributed by atoms with Crippen molar-refractivity contribution in [2.75, 3.05) is 6.54 Å². The van der Waals surface area contributed by atoms with E-state index in [0.29, 0.717) is 17.1 Å². The maximum Gasteiger partial charge on any atom is 0.234 e. The molecule has 0 radical (unpaired) electrons. The number of pyridine rings is 1. The molecule has 1 aromatic heterocycles. The number of primary amides is 1. The number of benzene rings is 2. The van der Waals surface area contributed by atoms with Gasteiger partial charge in [-0.25, -0.2) is 9.37 Å². The Labute approximate surface area is 161 Å². The maximum absolute atomic E-state index is 13.7. The number of nitrogens with two attached hydrogens (primary N) is 1. The summed E-state index contributed by atoms with van der Waals surface area (Å²) in [6.45, 7) is 1.36. The quantitative estimate of drug-likeness (QED) is 0.736. The van der Waals surface area contributed by atoms with Crippen LogP contribution in [0.25, 0.3) is 22.2 Å². The summed E-state index contributed by atoms with van der Waals surface area (Å²) in [5.74, 6) is -0.624. The van der Waals surface area contributed by atoms with Crippen molar-refractivity contribution in [2.45, 2.75) is 25.4 Å². The standard InChI is InChI=1S/C21H19ClFN3O/c22-16-4-1-3-14(10-16)20-15(12-26-8-2-5-19(26)21(24)27)9-13-6-7-17(23)11-18(13)25-20/h1,3-4,6-7,9-11,19H,2,5,8,12H2,(H2,24,27)/t19-/m0/s1. The van der Waals surface area contributed by atoms with Gasteiger partial charge in [0.05, 0.1) is 17.3 Å². The first-order valence-electron chi connectivity index (χ1n) is 8.90. The van der Waals surface area contributed by atoms with Crippen LogP contribution in [0, 0.1) is 5.82 Å². The van der Waals surface area contributed by atoms with E-state index in [4.69, 9.17) is 22.3 Å². The molecule has 1 amide bonds. The van der Waals surface area contributed by atoms with Crippen molar-refractivity contribution in [1.82, 2.24) is 9.88 Å². The van der Waals surface area contributed by atoms with Crippen LogP contribution >= 0.6 is 11.6 Å². The SMILES string of the molecule is NC(=O)[C@@H]1CCCN1Cc1cc2ccc(F)cc2nc1-c1cccc(Cl)c1. The van der Waals surface area contributed by atoms with Crippen LogP contribution in [0.2, 0.25) is 5.02 Å². The predicted molar refractivity (Wildman–Crippen MR) is 105 cm³/mol. The van der Waals surface area contributed by atoms with E-state index in [2.05, 4.69) is 4.90 Å². The predicted octanol–water partition coefficient (Wildman–Crippen LogP) is 4.14. The number of carbonyl (C=O) groups excluding carboxylic acids is 1. The van der Waals surface area contributed by atoms with E-state index in [0.717, 1.165) is 41.6 Å². The van der Waals surface area contributed by atoms with Crippen molar-refractivity contribution in [3.05, 3.63) is 64.9 Å². The molecule has 6 heteroatoms. The fourth-order valence-electron chi connectivity index (χ4n) is 3.75. The largest absolute Gasteiger partial charge is 0.368 e. The molecule has 0 aliphatic carbocycles. The Bertz CT molecular complexity index is 1020. The van der Waals surface area contributed by atoms with Crippen LogP contribution < -0.4 is 5.73 Å². The van der Waals surface area contributed by atoms with Crippen LogP contribution in [0.3, 0.4) is 0 Å². The number of fused-ring (bicyclic) bond motifs is 1. The summed E-state index contributed by atoms with van der Waals surface area (Å²) in [6.07, 6.45) is 1.71. The van der Waals surface area contributed by atoms with Gasteiger partial charge in [-0.05, 0) is 55.3 Å². The highest BCUT2D eigenvalue weighted by molar-refractivity contribution is 6.30. The minimum atomic E-state index is -0.326. The second kappa shape index (κ2) is 7.25. The minimum Gasteiger partial charge on any atom is -0.368 e. The highest BCUT2D eigenvalue weighted by Gasteiger charge is 2.29. The van der Waals surface area contributed by atoms with Crippen molar-refractivity contribution >= 4 is 28.4 Å². The van der Waals surface area contributed by atoms with Crippen molar-refractivity contribution in [3.8, 4) is 11.3 Å². The van der Waals surface area contributed by atoms with Crippen LogP contribution in [-0.4, -0.2) is 28.4 Å². The minimum absolute atomic E-state index is 0.263. The zero-order valence-corrected chi connectivity index (χ0v) is 15.4. The van der Waals surface area contributed by atoms with Crippen molar-refractivity contribution < 1.29 is 9.18 Å². The number of hydrogen-bond donors (Lipinski definition) is 1. The molecule has 1 atom stereocenters. The molecule has 0 unspecified atom stereocenters. The Balaban J connectivity index is 1.83. The molecule has 27 heavy (non-hydrogen) atoms. The van der Waals surface area contributed by atoms with Gasteiger partial charge in [-0.2, -0.15) is 0 Å². The van der Waals surface area contributed by atoms with E-state index in [1.54, 1.807) is 12.1 Å². The molecular formula is C21H19ClFN3O. The van der Waals surface area contributed by atoms with Gasteiger partial charge < -0.3 is 5.73 Å². The third-order valence-corrected chi connectivity index (χ3v) is 5.26. The molecule has 2 aromatic carbocycles. The van der Waals surface area contributed by atoms with Gasteiger partial charge in [-0.1, -0.05) is 23.7 Å². The van der Waals surface area contributed by atoms with Crippen molar-refractivity contribution in [3.63, 3.8) is 0 Å². The van der Waals surface area contributed by atoms with E-state index in [9.17, 15) is 9.18 Å². The van der Waals surface area contributed by atoms with Gasteiger partial charge in [0, 0.05) is 28.6 Å². The average molecular weight is 384 g/mol. The molecule has 0 bridgehead atoms. The lowest BCUT2D eigenvalue weighted by Gasteiger charge is -2.23. The fourth-order valence-corrected chi connectivity index (χ4v) is 3.94. The molecule has 3 aromatic rings. The Morgan fingerprint density at radius 3 is 2.89 bits per heavy atom. The number of likely N-dealkylation sites (tertiary alicyclic amines) is 1. The molecule has 1 aliphatic heterocycles. The Morgan fingerprint density at radius 1 is 1.26 bits per heavy atom. The van der Waals surface area contributed by atoms with Crippen molar-refractivity contribution in [2.24, 2.45) is 5.73 Å². The molecule has 138 valence electrons. The molecule has 0 spiro atoms. The highest BCUT2D eigenvalue weighted by atomic mass is 35.5. The van der Waals surface area contributed by atoms with E-state index >= 15 is 0 Å². The summed E-state index contributed by atoms with van der Waals surface area (Å²) in [6, 6.07) is 13.8. The lowest BCUT2D eigenvalue weighted by molar-refractivity contribution is -0.122. The summed E-state index contributed by atoms with van der Waals surface area (Å²) >= 11 is 6.17. The van der Waals surface area contributed by atoms with Crippen LogP contribution in [-0.2, 0) is 11.3 Å². The lowest BCUT2D eigenvalue weighted by Crippen LogP contribution is -2.39. The molecule has 1 saturated heterocycles. The van der Waals surface area contributed by atoms with Gasteiger partial charge in [-0.3, -0.25) is 9.69 Å². The number of carbonyl (C=O) groups is 1. The van der Waals surface area contributed by atoms with Gasteiger partial charge in [0.1, 0.15) is 5.82 Å². The molecule has 1 fully saturated rings. The summed E-state index contributed by atoms with van der Waals surface area (Å²) in [4.78, 5) is 18.6. The zero-order chi connectivity index (χ0) is 19.0. The Kier molecular flexibility index (Phi) is 4.81. The van der Waals surface area contributed by atoms with Gasteiger partial charge in [0.2, 0.25) is 5.91 Å². The lowest BCUT2D eigenvalue weighted by atomic mass is 10.0. The van der Waals surface area contributed by atoms with Gasteiger partial charge in [-0.15, -0.1) is 0 Å². The molecule has 4 rings (SSSR count). The van der Waals surface area contributed by atoms with Crippen molar-refractivity contribution in [1.29, 1.82) is 0 Å². The van der Waals surface area contributed by atoms with Gasteiger partial charge >= 0.3 is 0 Å². The first kappa shape index (κ1) is 17.9. The monoisotopic (exact) mass is 383 g/mol. The average Bonchev–Trinajstić information content (AvgIpc) is 3.10.